The fourth-order valence-corrected chi connectivity index (χ4v) is 2.28. The molecule has 2 aliphatic heterocycles. The van der Waals surface area contributed by atoms with Crippen molar-refractivity contribution in [1.82, 2.24) is 10.2 Å². The van der Waals surface area contributed by atoms with Gasteiger partial charge in [0, 0.05) is 6.04 Å². The number of rotatable bonds is 3. The van der Waals surface area contributed by atoms with Gasteiger partial charge in [-0.25, -0.2) is 0 Å². The van der Waals surface area contributed by atoms with E-state index in [2.05, 4.69) is 5.32 Å². The maximum atomic E-state index is 11.4. The first-order chi connectivity index (χ1) is 7.33. The number of aldehydes is 1. The van der Waals surface area contributed by atoms with Crippen LogP contribution in [0, 0.1) is 0 Å². The SMILES string of the molecule is O=CC(=O)C1COCN1C1CCNCC1. The molecule has 0 aromatic carbocycles. The van der Waals surface area contributed by atoms with E-state index in [1.807, 2.05) is 4.90 Å². The van der Waals surface area contributed by atoms with Crippen molar-refractivity contribution < 1.29 is 14.3 Å². The number of hydrogen-bond donors (Lipinski definition) is 1. The number of Topliss-reactive ketones (excluding diaryl/α,β-unsaturated/α-hetero) is 1. The van der Waals surface area contributed by atoms with E-state index in [4.69, 9.17) is 4.74 Å². The molecule has 2 heterocycles. The van der Waals surface area contributed by atoms with Gasteiger partial charge in [0.2, 0.25) is 5.78 Å². The predicted octanol–water partition coefficient (Wildman–Crippen LogP) is -0.835. The number of nitrogens with one attached hydrogen (secondary N) is 1. The van der Waals surface area contributed by atoms with Crippen molar-refractivity contribution in [2.75, 3.05) is 26.4 Å². The van der Waals surface area contributed by atoms with Crippen LogP contribution in [0.3, 0.4) is 0 Å². The molecule has 2 aliphatic rings. The third kappa shape index (κ3) is 2.25. The molecule has 1 unspecified atom stereocenters. The van der Waals surface area contributed by atoms with Gasteiger partial charge in [0.05, 0.1) is 13.3 Å². The minimum atomic E-state index is -0.356. The number of piperidine rings is 1. The van der Waals surface area contributed by atoms with Crippen LogP contribution in [0.25, 0.3) is 0 Å². The van der Waals surface area contributed by atoms with Crippen molar-refractivity contribution in [3.63, 3.8) is 0 Å². The van der Waals surface area contributed by atoms with Gasteiger partial charge in [-0.3, -0.25) is 14.5 Å². The van der Waals surface area contributed by atoms with Crippen LogP contribution < -0.4 is 5.32 Å². The maximum absolute atomic E-state index is 11.4. The molecule has 2 rings (SSSR count). The summed E-state index contributed by atoms with van der Waals surface area (Å²) in [5, 5.41) is 3.27. The second kappa shape index (κ2) is 4.83. The highest BCUT2D eigenvalue weighted by molar-refractivity contribution is 6.27. The van der Waals surface area contributed by atoms with E-state index in [9.17, 15) is 9.59 Å². The Hall–Kier alpha value is -0.780. The van der Waals surface area contributed by atoms with Gasteiger partial charge in [-0.2, -0.15) is 0 Å². The fraction of sp³-hybridized carbons (Fsp3) is 0.800. The lowest BCUT2D eigenvalue weighted by atomic mass is 10.0. The average Bonchev–Trinajstić information content (AvgIpc) is 2.78. The van der Waals surface area contributed by atoms with E-state index < -0.39 is 0 Å². The highest BCUT2D eigenvalue weighted by atomic mass is 16.5. The summed E-state index contributed by atoms with van der Waals surface area (Å²) in [5.41, 5.74) is 0. The molecule has 5 nitrogen and oxygen atoms in total. The third-order valence-corrected chi connectivity index (χ3v) is 3.14. The van der Waals surface area contributed by atoms with Crippen LogP contribution in [0.2, 0.25) is 0 Å². The number of hydrogen-bond acceptors (Lipinski definition) is 5. The van der Waals surface area contributed by atoms with Crippen molar-refractivity contribution in [2.24, 2.45) is 0 Å². The van der Waals surface area contributed by atoms with Gasteiger partial charge in [0.1, 0.15) is 6.04 Å². The van der Waals surface area contributed by atoms with E-state index in [1.165, 1.54) is 0 Å². The molecule has 0 spiro atoms. The third-order valence-electron chi connectivity index (χ3n) is 3.14. The van der Waals surface area contributed by atoms with E-state index in [-0.39, 0.29) is 11.8 Å². The number of carbonyl (C=O) groups is 2. The van der Waals surface area contributed by atoms with Gasteiger partial charge in [0.25, 0.3) is 0 Å². The van der Waals surface area contributed by atoms with Crippen LogP contribution >= 0.6 is 0 Å². The number of nitrogens with zero attached hydrogens (tertiary/aromatic N) is 1. The second-order valence-electron chi connectivity index (χ2n) is 4.03. The minimum Gasteiger partial charge on any atom is -0.364 e. The molecule has 0 aromatic heterocycles. The Morgan fingerprint density at radius 2 is 2.13 bits per heavy atom. The van der Waals surface area contributed by atoms with Crippen LogP contribution in [0.4, 0.5) is 0 Å². The molecule has 2 saturated heterocycles. The Morgan fingerprint density at radius 1 is 1.40 bits per heavy atom. The van der Waals surface area contributed by atoms with Gasteiger partial charge in [-0.1, -0.05) is 0 Å². The zero-order chi connectivity index (χ0) is 10.7. The fourth-order valence-electron chi connectivity index (χ4n) is 2.28. The van der Waals surface area contributed by atoms with Crippen molar-refractivity contribution >= 4 is 12.1 Å². The first-order valence-electron chi connectivity index (χ1n) is 5.36. The quantitative estimate of drug-likeness (QED) is 0.488. The summed E-state index contributed by atoms with van der Waals surface area (Å²) in [6, 6.07) is 0.0354. The zero-order valence-corrected chi connectivity index (χ0v) is 8.65. The standard InChI is InChI=1S/C10H16N2O3/c13-5-10(14)9-6-15-7-12(9)8-1-3-11-4-2-8/h5,8-9,11H,1-4,6-7H2. The molecule has 0 amide bonds. The molecular formula is C10H16N2O3. The van der Waals surface area contributed by atoms with Crippen LogP contribution in [0.1, 0.15) is 12.8 Å². The first kappa shape index (κ1) is 10.7. The lowest BCUT2D eigenvalue weighted by molar-refractivity contribution is -0.133. The van der Waals surface area contributed by atoms with Gasteiger partial charge in [-0.15, -0.1) is 0 Å². The molecule has 0 aromatic rings. The summed E-state index contributed by atoms with van der Waals surface area (Å²) >= 11 is 0. The van der Waals surface area contributed by atoms with Crippen molar-refractivity contribution in [3.05, 3.63) is 0 Å². The number of carbonyl (C=O) groups excluding carboxylic acids is 2. The summed E-state index contributed by atoms with van der Waals surface area (Å²) in [5.74, 6) is -0.356. The van der Waals surface area contributed by atoms with E-state index in [0.29, 0.717) is 25.7 Å². The molecule has 0 radical (unpaired) electrons. The second-order valence-corrected chi connectivity index (χ2v) is 4.03. The molecule has 0 saturated carbocycles. The lowest BCUT2D eigenvalue weighted by Crippen LogP contribution is -2.48. The smallest absolute Gasteiger partial charge is 0.214 e. The summed E-state index contributed by atoms with van der Waals surface area (Å²) in [6.07, 6.45) is 2.45. The van der Waals surface area contributed by atoms with Crippen LogP contribution in [-0.2, 0) is 14.3 Å². The highest BCUT2D eigenvalue weighted by Gasteiger charge is 2.36. The van der Waals surface area contributed by atoms with Crippen LogP contribution in [0.15, 0.2) is 0 Å². The molecular weight excluding hydrogens is 196 g/mol. The number of ether oxygens (including phenoxy) is 1. The topological polar surface area (TPSA) is 58.6 Å². The molecule has 15 heavy (non-hydrogen) atoms. The van der Waals surface area contributed by atoms with Gasteiger partial charge in [-0.05, 0) is 25.9 Å². The average molecular weight is 212 g/mol. The van der Waals surface area contributed by atoms with E-state index in [0.717, 1.165) is 25.9 Å². The summed E-state index contributed by atoms with van der Waals surface area (Å²) in [6.45, 7) is 2.79. The molecule has 1 N–H and O–H groups in total. The van der Waals surface area contributed by atoms with Crippen LogP contribution in [-0.4, -0.2) is 55.5 Å². The molecule has 0 bridgehead atoms. The van der Waals surface area contributed by atoms with E-state index >= 15 is 0 Å². The maximum Gasteiger partial charge on any atom is 0.214 e. The Balaban J connectivity index is 1.99. The largest absolute Gasteiger partial charge is 0.364 e. The lowest BCUT2D eigenvalue weighted by Gasteiger charge is -2.32. The van der Waals surface area contributed by atoms with Crippen molar-refractivity contribution in [1.29, 1.82) is 0 Å². The monoisotopic (exact) mass is 212 g/mol. The molecule has 84 valence electrons. The van der Waals surface area contributed by atoms with Gasteiger partial charge in [0.15, 0.2) is 6.29 Å². The van der Waals surface area contributed by atoms with Crippen LogP contribution in [0.5, 0.6) is 0 Å². The van der Waals surface area contributed by atoms with E-state index in [1.54, 1.807) is 0 Å². The predicted molar refractivity (Wildman–Crippen MR) is 53.4 cm³/mol. The highest BCUT2D eigenvalue weighted by Crippen LogP contribution is 2.19. The Morgan fingerprint density at radius 3 is 2.80 bits per heavy atom. The minimum absolute atomic E-state index is 0.342. The molecule has 2 fully saturated rings. The van der Waals surface area contributed by atoms with Crippen molar-refractivity contribution in [3.8, 4) is 0 Å². The summed E-state index contributed by atoms with van der Waals surface area (Å²) in [7, 11) is 0. The normalized spacial score (nSPS) is 29.2. The van der Waals surface area contributed by atoms with Gasteiger partial charge < -0.3 is 10.1 Å². The Bertz CT molecular complexity index is 251. The Kier molecular flexibility index (Phi) is 3.45. The zero-order valence-electron chi connectivity index (χ0n) is 8.65. The number of ketones is 1. The van der Waals surface area contributed by atoms with Crippen molar-refractivity contribution in [2.45, 2.75) is 24.9 Å². The molecule has 0 aliphatic carbocycles. The first-order valence-corrected chi connectivity index (χ1v) is 5.36. The molecule has 1 atom stereocenters. The molecule has 5 heteroatoms. The summed E-state index contributed by atoms with van der Waals surface area (Å²) in [4.78, 5) is 23.9. The summed E-state index contributed by atoms with van der Waals surface area (Å²) < 4.78 is 5.27. The Labute approximate surface area is 88.8 Å². The van der Waals surface area contributed by atoms with Gasteiger partial charge >= 0.3 is 0 Å².